The van der Waals surface area contributed by atoms with Gasteiger partial charge in [0.1, 0.15) is 5.60 Å². The van der Waals surface area contributed by atoms with E-state index in [2.05, 4.69) is 11.8 Å². The first kappa shape index (κ1) is 14.6. The fraction of sp³-hybridized carbons (Fsp3) is 0.471. The molecule has 1 aromatic rings. The van der Waals surface area contributed by atoms with Crippen molar-refractivity contribution in [3.8, 4) is 11.8 Å². The molecule has 0 unspecified atom stereocenters. The van der Waals surface area contributed by atoms with E-state index in [0.29, 0.717) is 6.61 Å². The van der Waals surface area contributed by atoms with Crippen molar-refractivity contribution in [1.82, 2.24) is 0 Å². The van der Waals surface area contributed by atoms with Crippen LogP contribution in [0.3, 0.4) is 0 Å². The summed E-state index contributed by atoms with van der Waals surface area (Å²) >= 11 is 0. The van der Waals surface area contributed by atoms with E-state index in [-0.39, 0.29) is 11.9 Å². The molecule has 0 spiro atoms. The smallest absolute Gasteiger partial charge is 0.337 e. The first-order chi connectivity index (χ1) is 9.46. The Labute approximate surface area is 120 Å². The van der Waals surface area contributed by atoms with E-state index in [0.717, 1.165) is 12.0 Å². The van der Waals surface area contributed by atoms with Crippen molar-refractivity contribution in [1.29, 1.82) is 0 Å². The maximum Gasteiger partial charge on any atom is 0.337 e. The monoisotopic (exact) mass is 272 g/mol. The highest BCUT2D eigenvalue weighted by atomic mass is 16.6. The molecule has 1 saturated heterocycles. The van der Waals surface area contributed by atoms with Gasteiger partial charge in [0, 0.05) is 12.2 Å². The summed E-state index contributed by atoms with van der Waals surface area (Å²) < 4.78 is 10.9. The van der Waals surface area contributed by atoms with Gasteiger partial charge in [-0.15, -0.1) is 0 Å². The Hall–Kier alpha value is -1.79. The number of rotatable bonds is 1. The summed E-state index contributed by atoms with van der Waals surface area (Å²) in [5.41, 5.74) is 0.447. The van der Waals surface area contributed by atoms with Crippen LogP contribution in [-0.2, 0) is 14.3 Å². The summed E-state index contributed by atoms with van der Waals surface area (Å²) in [6.07, 6.45) is 0.203. The van der Waals surface area contributed by atoms with Gasteiger partial charge in [-0.05, 0) is 39.3 Å². The third kappa shape index (κ3) is 4.11. The van der Waals surface area contributed by atoms with Crippen LogP contribution >= 0.6 is 0 Å². The molecule has 1 aromatic carbocycles. The zero-order chi connectivity index (χ0) is 14.6. The summed E-state index contributed by atoms with van der Waals surface area (Å²) in [5.74, 6) is 5.83. The van der Waals surface area contributed by atoms with Gasteiger partial charge in [0.25, 0.3) is 0 Å². The standard InChI is InChI=1S/C17H20O3/c1-17(2,3)20-16(18)15-14(11-12-19-15)10-9-13-7-5-4-6-8-13/h4-8,14-15H,11-12H2,1-3H3/t14-,15+/m1/s1. The van der Waals surface area contributed by atoms with E-state index in [1.807, 2.05) is 51.1 Å². The van der Waals surface area contributed by atoms with Crippen molar-refractivity contribution in [2.45, 2.75) is 38.9 Å². The Balaban J connectivity index is 2.05. The van der Waals surface area contributed by atoms with E-state index in [1.165, 1.54) is 0 Å². The summed E-state index contributed by atoms with van der Waals surface area (Å²) in [5, 5.41) is 0. The quantitative estimate of drug-likeness (QED) is 0.582. The SMILES string of the molecule is CC(C)(C)OC(=O)[C@H]1OCC[C@H]1C#Cc1ccccc1. The van der Waals surface area contributed by atoms with E-state index in [9.17, 15) is 4.79 Å². The maximum absolute atomic E-state index is 12.1. The first-order valence-corrected chi connectivity index (χ1v) is 6.87. The average molecular weight is 272 g/mol. The fourth-order valence-corrected chi connectivity index (χ4v) is 2.03. The van der Waals surface area contributed by atoms with Crippen LogP contribution in [0.15, 0.2) is 30.3 Å². The van der Waals surface area contributed by atoms with Gasteiger partial charge in [-0.2, -0.15) is 0 Å². The third-order valence-corrected chi connectivity index (χ3v) is 2.91. The number of benzene rings is 1. The minimum absolute atomic E-state index is 0.0925. The molecule has 0 bridgehead atoms. The molecular formula is C17H20O3. The van der Waals surface area contributed by atoms with Crippen molar-refractivity contribution >= 4 is 5.97 Å². The van der Waals surface area contributed by atoms with Crippen molar-refractivity contribution < 1.29 is 14.3 Å². The van der Waals surface area contributed by atoms with Crippen LogP contribution in [0.1, 0.15) is 32.8 Å². The number of ether oxygens (including phenoxy) is 2. The molecule has 0 radical (unpaired) electrons. The minimum Gasteiger partial charge on any atom is -0.458 e. The van der Waals surface area contributed by atoms with Crippen molar-refractivity contribution in [3.63, 3.8) is 0 Å². The highest BCUT2D eigenvalue weighted by molar-refractivity contribution is 5.76. The first-order valence-electron chi connectivity index (χ1n) is 6.87. The number of esters is 1. The number of carbonyl (C=O) groups is 1. The lowest BCUT2D eigenvalue weighted by Crippen LogP contribution is -2.34. The van der Waals surface area contributed by atoms with Gasteiger partial charge in [0.15, 0.2) is 6.10 Å². The predicted octanol–water partition coefficient (Wildman–Crippen LogP) is 2.78. The summed E-state index contributed by atoms with van der Waals surface area (Å²) in [6.45, 7) is 6.11. The largest absolute Gasteiger partial charge is 0.458 e. The molecule has 1 fully saturated rings. The lowest BCUT2D eigenvalue weighted by atomic mass is 10.0. The van der Waals surface area contributed by atoms with E-state index < -0.39 is 11.7 Å². The Morgan fingerprint density at radius 3 is 2.65 bits per heavy atom. The molecule has 2 atom stereocenters. The molecule has 0 aliphatic carbocycles. The average Bonchev–Trinajstić information content (AvgIpc) is 2.84. The van der Waals surface area contributed by atoms with E-state index in [4.69, 9.17) is 9.47 Å². The number of hydrogen-bond donors (Lipinski definition) is 0. The second kappa shape index (κ2) is 6.11. The van der Waals surface area contributed by atoms with Crippen LogP contribution in [0.2, 0.25) is 0 Å². The molecule has 3 heteroatoms. The number of carbonyl (C=O) groups excluding carboxylic acids is 1. The summed E-state index contributed by atoms with van der Waals surface area (Å²) in [6, 6.07) is 9.74. The summed E-state index contributed by atoms with van der Waals surface area (Å²) in [7, 11) is 0. The van der Waals surface area contributed by atoms with Crippen LogP contribution in [0, 0.1) is 17.8 Å². The molecule has 2 rings (SSSR count). The van der Waals surface area contributed by atoms with Gasteiger partial charge in [-0.1, -0.05) is 30.0 Å². The molecule has 0 aromatic heterocycles. The molecule has 1 aliphatic rings. The summed E-state index contributed by atoms with van der Waals surface area (Å²) in [4.78, 5) is 12.1. The maximum atomic E-state index is 12.1. The molecule has 3 nitrogen and oxygen atoms in total. The van der Waals surface area contributed by atoms with E-state index in [1.54, 1.807) is 0 Å². The Morgan fingerprint density at radius 2 is 2.00 bits per heavy atom. The minimum atomic E-state index is -0.564. The van der Waals surface area contributed by atoms with Crippen molar-refractivity contribution in [2.24, 2.45) is 5.92 Å². The molecule has 106 valence electrons. The second-order valence-corrected chi connectivity index (χ2v) is 5.86. The van der Waals surface area contributed by atoms with Crippen molar-refractivity contribution in [2.75, 3.05) is 6.61 Å². The molecule has 0 amide bonds. The Kier molecular flexibility index (Phi) is 4.46. The van der Waals surface area contributed by atoms with Crippen LogP contribution in [0.4, 0.5) is 0 Å². The second-order valence-electron chi connectivity index (χ2n) is 5.86. The lowest BCUT2D eigenvalue weighted by molar-refractivity contribution is -0.166. The zero-order valence-corrected chi connectivity index (χ0v) is 12.2. The van der Waals surface area contributed by atoms with Gasteiger partial charge >= 0.3 is 5.97 Å². The van der Waals surface area contributed by atoms with Gasteiger partial charge in [0.05, 0.1) is 5.92 Å². The molecular weight excluding hydrogens is 252 g/mol. The van der Waals surface area contributed by atoms with Crippen molar-refractivity contribution in [3.05, 3.63) is 35.9 Å². The molecule has 1 aliphatic heterocycles. The molecule has 1 heterocycles. The molecule has 0 N–H and O–H groups in total. The topological polar surface area (TPSA) is 35.5 Å². The normalized spacial score (nSPS) is 21.9. The van der Waals surface area contributed by atoms with Crippen LogP contribution in [0.25, 0.3) is 0 Å². The highest BCUT2D eigenvalue weighted by Gasteiger charge is 2.36. The lowest BCUT2D eigenvalue weighted by Gasteiger charge is -2.22. The van der Waals surface area contributed by atoms with Crippen LogP contribution in [0.5, 0.6) is 0 Å². The Bertz CT molecular complexity index is 517. The zero-order valence-electron chi connectivity index (χ0n) is 12.2. The van der Waals surface area contributed by atoms with Crippen LogP contribution in [-0.4, -0.2) is 24.3 Å². The van der Waals surface area contributed by atoms with Gasteiger partial charge in [0.2, 0.25) is 0 Å². The fourth-order valence-electron chi connectivity index (χ4n) is 2.03. The van der Waals surface area contributed by atoms with Crippen LogP contribution < -0.4 is 0 Å². The van der Waals surface area contributed by atoms with E-state index >= 15 is 0 Å². The van der Waals surface area contributed by atoms with Gasteiger partial charge < -0.3 is 9.47 Å². The predicted molar refractivity (Wildman–Crippen MR) is 77.0 cm³/mol. The highest BCUT2D eigenvalue weighted by Crippen LogP contribution is 2.23. The number of hydrogen-bond acceptors (Lipinski definition) is 3. The molecule has 0 saturated carbocycles. The Morgan fingerprint density at radius 1 is 1.30 bits per heavy atom. The van der Waals surface area contributed by atoms with Gasteiger partial charge in [-0.25, -0.2) is 4.79 Å². The third-order valence-electron chi connectivity index (χ3n) is 2.91. The van der Waals surface area contributed by atoms with Gasteiger partial charge in [-0.3, -0.25) is 0 Å². The molecule has 20 heavy (non-hydrogen) atoms.